The number of carbonyl (C=O) groups excluding carboxylic acids is 3. The molecule has 0 aromatic carbocycles. The number of likely N-dealkylation sites (tertiary alicyclic amines) is 1. The van der Waals surface area contributed by atoms with Crippen LogP contribution in [0.5, 0.6) is 0 Å². The Hall–Kier alpha value is -1.88. The van der Waals surface area contributed by atoms with E-state index >= 15 is 0 Å². The summed E-state index contributed by atoms with van der Waals surface area (Å²) in [5, 5.41) is 10.4. The molecule has 0 aromatic rings. The number of carbonyl (C=O) groups is 3. The minimum Gasteiger partial charge on any atom is -0.465 e. The molecule has 7 atom stereocenters. The molecule has 1 spiro atoms. The maximum Gasteiger partial charge on any atom is 0.310 e. The summed E-state index contributed by atoms with van der Waals surface area (Å²) < 4.78 is 10.5. The molecule has 1 N–H and O–H groups in total. The van der Waals surface area contributed by atoms with E-state index in [1.165, 1.54) is 0 Å². The molecule has 2 amide bonds. The average Bonchev–Trinajstić information content (AvgIpc) is 3.55. The highest BCUT2D eigenvalue weighted by atomic mass is 32.2. The molecule has 2 bridgehead atoms. The predicted molar refractivity (Wildman–Crippen MR) is 160 cm³/mol. The number of unbranched alkanes of at least 4 members (excludes halogenated alkanes) is 2. The molecule has 0 radical (unpaired) electrons. The molecule has 4 rings (SSSR count). The number of morpholine rings is 1. The number of thioether (sulfide) groups is 1. The van der Waals surface area contributed by atoms with Crippen molar-refractivity contribution in [2.45, 2.75) is 68.5 Å². The van der Waals surface area contributed by atoms with Crippen LogP contribution in [0.1, 0.15) is 46.5 Å². The molecule has 9 nitrogen and oxygen atoms in total. The molecule has 0 aromatic heterocycles. The van der Waals surface area contributed by atoms with Crippen LogP contribution in [0.4, 0.5) is 0 Å². The van der Waals surface area contributed by atoms with Crippen LogP contribution < -0.4 is 0 Å². The highest BCUT2D eigenvalue weighted by molar-refractivity contribution is 8.02. The zero-order chi connectivity index (χ0) is 29.7. The monoisotopic (exact) mass is 591 g/mol. The van der Waals surface area contributed by atoms with E-state index in [-0.39, 0.29) is 41.5 Å². The van der Waals surface area contributed by atoms with E-state index < -0.39 is 28.7 Å². The first-order chi connectivity index (χ1) is 19.7. The van der Waals surface area contributed by atoms with Crippen molar-refractivity contribution in [3.63, 3.8) is 0 Å². The van der Waals surface area contributed by atoms with Gasteiger partial charge in [-0.15, -0.1) is 24.9 Å². The van der Waals surface area contributed by atoms with Crippen LogP contribution in [0, 0.1) is 23.7 Å². The lowest BCUT2D eigenvalue weighted by molar-refractivity contribution is -0.155. The highest BCUT2D eigenvalue weighted by Crippen LogP contribution is 2.69. The Morgan fingerprint density at radius 2 is 1.98 bits per heavy atom. The summed E-state index contributed by atoms with van der Waals surface area (Å²) in [5.74, 6) is -1.89. The van der Waals surface area contributed by atoms with Gasteiger partial charge in [0.15, 0.2) is 0 Å². The van der Waals surface area contributed by atoms with Crippen LogP contribution in [-0.4, -0.2) is 119 Å². The van der Waals surface area contributed by atoms with Gasteiger partial charge in [-0.1, -0.05) is 32.9 Å². The van der Waals surface area contributed by atoms with Gasteiger partial charge in [-0.2, -0.15) is 0 Å². The van der Waals surface area contributed by atoms with Gasteiger partial charge in [0.25, 0.3) is 0 Å². The van der Waals surface area contributed by atoms with Crippen molar-refractivity contribution in [2.24, 2.45) is 23.7 Å². The van der Waals surface area contributed by atoms with E-state index in [4.69, 9.17) is 9.47 Å². The SMILES string of the molecule is C=CCCCCOC(=O)[C@@H]1[C@@H]2CC(C)C3(S2)C(C(=O)N(CC=C)CCN2CCOCC2)N([C@@H](CO)C(C)C)C(=O)[C@H]13. The quantitative estimate of drug-likeness (QED) is 0.176. The second kappa shape index (κ2) is 14.1. The Morgan fingerprint density at radius 3 is 2.61 bits per heavy atom. The molecule has 3 unspecified atom stereocenters. The molecular formula is C31H49N3O6S. The van der Waals surface area contributed by atoms with Gasteiger partial charge >= 0.3 is 5.97 Å². The van der Waals surface area contributed by atoms with Crippen molar-refractivity contribution < 1.29 is 29.0 Å². The van der Waals surface area contributed by atoms with E-state index in [0.717, 1.165) is 38.8 Å². The molecule has 41 heavy (non-hydrogen) atoms. The maximum atomic E-state index is 14.6. The minimum absolute atomic E-state index is 0.0540. The van der Waals surface area contributed by atoms with E-state index in [1.807, 2.05) is 24.8 Å². The van der Waals surface area contributed by atoms with Crippen molar-refractivity contribution in [3.8, 4) is 0 Å². The van der Waals surface area contributed by atoms with Gasteiger partial charge < -0.3 is 24.4 Å². The first kappa shape index (κ1) is 32.0. The number of aliphatic hydroxyl groups is 1. The number of ether oxygens (including phenoxy) is 2. The van der Waals surface area contributed by atoms with Gasteiger partial charge in [-0.3, -0.25) is 19.3 Å². The first-order valence-corrected chi connectivity index (χ1v) is 16.2. The third-order valence-electron chi connectivity index (χ3n) is 9.50. The number of hydrogen-bond donors (Lipinski definition) is 1. The average molecular weight is 592 g/mol. The van der Waals surface area contributed by atoms with Gasteiger partial charge in [0.2, 0.25) is 11.8 Å². The summed E-state index contributed by atoms with van der Waals surface area (Å²) in [4.78, 5) is 48.4. The highest BCUT2D eigenvalue weighted by Gasteiger charge is 2.77. The number of nitrogens with zero attached hydrogens (tertiary/aromatic N) is 3. The molecule has 4 heterocycles. The number of esters is 1. The predicted octanol–water partition coefficient (Wildman–Crippen LogP) is 2.59. The van der Waals surface area contributed by atoms with Gasteiger partial charge in [0.1, 0.15) is 6.04 Å². The fraction of sp³-hybridized carbons (Fsp3) is 0.774. The summed E-state index contributed by atoms with van der Waals surface area (Å²) in [6.45, 7) is 18.3. The van der Waals surface area contributed by atoms with Crippen LogP contribution >= 0.6 is 11.8 Å². The standard InChI is InChI=1S/C31H49N3O6S/c1-6-8-9-10-16-40-30(38)25-24-19-22(5)31(41-24)26(25)28(36)34(23(20-35)21(3)4)27(31)29(37)33(11-7-2)13-12-32-14-17-39-18-15-32/h6-7,21-27,35H,1-2,8-20H2,3-5H3/t22?,23-,24-,25+,26-,27?,31?/m0/s1. The molecule has 4 saturated heterocycles. The van der Waals surface area contributed by atoms with Crippen molar-refractivity contribution in [3.05, 3.63) is 25.3 Å². The van der Waals surface area contributed by atoms with Crippen LogP contribution in [0.3, 0.4) is 0 Å². The Kier molecular flexibility index (Phi) is 11.0. The van der Waals surface area contributed by atoms with Crippen LogP contribution in [-0.2, 0) is 23.9 Å². The Bertz CT molecular complexity index is 971. The van der Waals surface area contributed by atoms with Crippen LogP contribution in [0.25, 0.3) is 0 Å². The zero-order valence-electron chi connectivity index (χ0n) is 25.0. The largest absolute Gasteiger partial charge is 0.465 e. The first-order valence-electron chi connectivity index (χ1n) is 15.3. The topological polar surface area (TPSA) is 99.6 Å². The maximum absolute atomic E-state index is 14.6. The molecule has 4 fully saturated rings. The second-order valence-electron chi connectivity index (χ2n) is 12.3. The molecule has 4 aliphatic rings. The van der Waals surface area contributed by atoms with Crippen LogP contribution in [0.15, 0.2) is 25.3 Å². The van der Waals surface area contributed by atoms with Gasteiger partial charge in [0, 0.05) is 38.0 Å². The lowest BCUT2D eigenvalue weighted by Crippen LogP contribution is -2.60. The van der Waals surface area contributed by atoms with E-state index in [1.54, 1.807) is 22.7 Å². The van der Waals surface area contributed by atoms with Gasteiger partial charge in [0.05, 0.1) is 49.1 Å². The number of rotatable bonds is 15. The Morgan fingerprint density at radius 1 is 1.24 bits per heavy atom. The fourth-order valence-electron chi connectivity index (χ4n) is 7.35. The Balaban J connectivity index is 1.65. The number of fused-ring (bicyclic) bond motifs is 1. The zero-order valence-corrected chi connectivity index (χ0v) is 25.9. The number of hydrogen-bond acceptors (Lipinski definition) is 8. The van der Waals surface area contributed by atoms with E-state index in [9.17, 15) is 19.5 Å². The van der Waals surface area contributed by atoms with Gasteiger partial charge in [-0.25, -0.2) is 0 Å². The summed E-state index contributed by atoms with van der Waals surface area (Å²) in [5.41, 5.74) is 0. The molecule has 0 saturated carbocycles. The molecule has 10 heteroatoms. The van der Waals surface area contributed by atoms with Crippen molar-refractivity contribution in [1.29, 1.82) is 0 Å². The minimum atomic E-state index is -0.764. The smallest absolute Gasteiger partial charge is 0.310 e. The summed E-state index contributed by atoms with van der Waals surface area (Å²) in [6, 6.07) is -1.29. The lowest BCUT2D eigenvalue weighted by atomic mass is 9.66. The van der Waals surface area contributed by atoms with Gasteiger partial charge in [-0.05, 0) is 37.5 Å². The summed E-state index contributed by atoms with van der Waals surface area (Å²) in [6.07, 6.45) is 6.84. The third kappa shape index (κ3) is 6.12. The summed E-state index contributed by atoms with van der Waals surface area (Å²) in [7, 11) is 0. The van der Waals surface area contributed by atoms with E-state index in [2.05, 4.69) is 25.0 Å². The molecular weight excluding hydrogens is 542 g/mol. The number of amides is 2. The van der Waals surface area contributed by atoms with E-state index in [0.29, 0.717) is 39.5 Å². The third-order valence-corrected chi connectivity index (χ3v) is 11.6. The Labute approximate surface area is 249 Å². The molecule has 230 valence electrons. The number of aliphatic hydroxyl groups excluding tert-OH is 1. The molecule has 4 aliphatic heterocycles. The fourth-order valence-corrected chi connectivity index (χ4v) is 9.74. The number of allylic oxidation sites excluding steroid dienone is 1. The van der Waals surface area contributed by atoms with Crippen molar-refractivity contribution >= 4 is 29.5 Å². The van der Waals surface area contributed by atoms with Crippen molar-refractivity contribution in [2.75, 3.05) is 59.2 Å². The van der Waals surface area contributed by atoms with Crippen molar-refractivity contribution in [1.82, 2.24) is 14.7 Å². The lowest BCUT2D eigenvalue weighted by Gasteiger charge is -2.43. The second-order valence-corrected chi connectivity index (χ2v) is 13.8. The normalized spacial score (nSPS) is 31.8. The molecule has 0 aliphatic carbocycles. The summed E-state index contributed by atoms with van der Waals surface area (Å²) >= 11 is 1.65. The van der Waals surface area contributed by atoms with Crippen LogP contribution in [0.2, 0.25) is 0 Å².